The van der Waals surface area contributed by atoms with E-state index in [1.165, 1.54) is 12.1 Å². The molecule has 0 aromatic heterocycles. The number of nitrogens with two attached hydrogens (primary N) is 1. The first kappa shape index (κ1) is 19.0. The minimum Gasteiger partial charge on any atom is -0.428 e. The average molecular weight is 342 g/mol. The summed E-state index contributed by atoms with van der Waals surface area (Å²) in [6, 6.07) is 5.46. The standard InChI is InChI=1S/C15H19F4NO.ClH/c16-14(17)15(18,19)21-12-9-5-4-8-11(12)13(20)10-6-2-1-3-7-10;/h4-5,8-10,13-14H,1-3,6-7,20H2;1H/t13-;/m0./s1. The lowest BCUT2D eigenvalue weighted by atomic mass is 9.81. The van der Waals surface area contributed by atoms with Crippen molar-refractivity contribution in [3.63, 3.8) is 0 Å². The summed E-state index contributed by atoms with van der Waals surface area (Å²) >= 11 is 0. The van der Waals surface area contributed by atoms with E-state index in [0.717, 1.165) is 32.1 Å². The molecule has 1 aromatic rings. The molecule has 1 fully saturated rings. The topological polar surface area (TPSA) is 35.2 Å². The van der Waals surface area contributed by atoms with E-state index < -0.39 is 18.6 Å². The van der Waals surface area contributed by atoms with Crippen molar-refractivity contribution in [2.45, 2.75) is 50.7 Å². The number of halogens is 5. The molecule has 22 heavy (non-hydrogen) atoms. The van der Waals surface area contributed by atoms with Crippen LogP contribution in [0.25, 0.3) is 0 Å². The van der Waals surface area contributed by atoms with Gasteiger partial charge in [0, 0.05) is 11.6 Å². The van der Waals surface area contributed by atoms with Crippen LogP contribution in [0.4, 0.5) is 17.6 Å². The Kier molecular flexibility index (Phi) is 6.94. The Morgan fingerprint density at radius 3 is 2.27 bits per heavy atom. The molecule has 0 unspecified atom stereocenters. The molecular formula is C15H20ClF4NO. The first-order valence-corrected chi connectivity index (χ1v) is 7.11. The molecule has 0 aliphatic heterocycles. The van der Waals surface area contributed by atoms with Crippen molar-refractivity contribution >= 4 is 12.4 Å². The number of alkyl halides is 4. The Labute approximate surface area is 133 Å². The van der Waals surface area contributed by atoms with Gasteiger partial charge in [0.25, 0.3) is 0 Å². The number of hydrogen-bond donors (Lipinski definition) is 1. The fraction of sp³-hybridized carbons (Fsp3) is 0.600. The van der Waals surface area contributed by atoms with Crippen LogP contribution in [0.1, 0.15) is 43.7 Å². The molecule has 126 valence electrons. The van der Waals surface area contributed by atoms with E-state index in [0.29, 0.717) is 5.56 Å². The van der Waals surface area contributed by atoms with E-state index in [1.54, 1.807) is 12.1 Å². The van der Waals surface area contributed by atoms with Crippen molar-refractivity contribution in [3.8, 4) is 5.75 Å². The molecule has 0 spiro atoms. The number of para-hydroxylation sites is 1. The van der Waals surface area contributed by atoms with Crippen molar-refractivity contribution in [1.82, 2.24) is 0 Å². The molecule has 0 saturated heterocycles. The van der Waals surface area contributed by atoms with Gasteiger partial charge in [-0.2, -0.15) is 17.6 Å². The van der Waals surface area contributed by atoms with Gasteiger partial charge in [-0.3, -0.25) is 0 Å². The van der Waals surface area contributed by atoms with Gasteiger partial charge in [-0.15, -0.1) is 12.4 Å². The highest BCUT2D eigenvalue weighted by molar-refractivity contribution is 5.85. The molecule has 2 N–H and O–H groups in total. The molecular weight excluding hydrogens is 322 g/mol. The van der Waals surface area contributed by atoms with Gasteiger partial charge in [-0.05, 0) is 24.8 Å². The lowest BCUT2D eigenvalue weighted by molar-refractivity contribution is -0.253. The van der Waals surface area contributed by atoms with Crippen LogP contribution in [0, 0.1) is 5.92 Å². The van der Waals surface area contributed by atoms with Gasteiger partial charge in [0.05, 0.1) is 0 Å². The summed E-state index contributed by atoms with van der Waals surface area (Å²) in [4.78, 5) is 0. The summed E-state index contributed by atoms with van der Waals surface area (Å²) in [6.45, 7) is 0. The van der Waals surface area contributed by atoms with Gasteiger partial charge in [-0.25, -0.2) is 0 Å². The second-order valence-electron chi connectivity index (χ2n) is 5.43. The highest BCUT2D eigenvalue weighted by atomic mass is 35.5. The summed E-state index contributed by atoms with van der Waals surface area (Å²) < 4.78 is 55.0. The van der Waals surface area contributed by atoms with Crippen LogP contribution in [0.2, 0.25) is 0 Å². The van der Waals surface area contributed by atoms with Crippen LogP contribution in [-0.4, -0.2) is 12.5 Å². The maximum atomic E-state index is 13.1. The zero-order valence-electron chi connectivity index (χ0n) is 12.0. The summed E-state index contributed by atoms with van der Waals surface area (Å²) in [7, 11) is 0. The highest BCUT2D eigenvalue weighted by Gasteiger charge is 2.44. The molecule has 0 bridgehead atoms. The van der Waals surface area contributed by atoms with Crippen molar-refractivity contribution in [2.75, 3.05) is 0 Å². The van der Waals surface area contributed by atoms with Gasteiger partial charge in [-0.1, -0.05) is 37.5 Å². The minimum absolute atomic E-state index is 0. The van der Waals surface area contributed by atoms with Gasteiger partial charge in [0.15, 0.2) is 0 Å². The van der Waals surface area contributed by atoms with Gasteiger partial charge in [0.1, 0.15) is 5.75 Å². The SMILES string of the molecule is Cl.N[C@H](c1ccccc1OC(F)(F)C(F)F)C1CCCCC1. The molecule has 0 radical (unpaired) electrons. The quantitative estimate of drug-likeness (QED) is 0.771. The third kappa shape index (κ3) is 4.49. The lowest BCUT2D eigenvalue weighted by Gasteiger charge is -2.29. The minimum atomic E-state index is -4.51. The Balaban J connectivity index is 0.00000242. The summed E-state index contributed by atoms with van der Waals surface area (Å²) in [6.07, 6.45) is -3.31. The zero-order valence-corrected chi connectivity index (χ0v) is 12.8. The molecule has 1 aliphatic carbocycles. The predicted molar refractivity (Wildman–Crippen MR) is 78.8 cm³/mol. The van der Waals surface area contributed by atoms with Crippen LogP contribution < -0.4 is 10.5 Å². The van der Waals surface area contributed by atoms with Crippen molar-refractivity contribution < 1.29 is 22.3 Å². The average Bonchev–Trinajstić information content (AvgIpc) is 2.47. The lowest BCUT2D eigenvalue weighted by Crippen LogP contribution is -2.34. The molecule has 1 atom stereocenters. The second-order valence-corrected chi connectivity index (χ2v) is 5.43. The van der Waals surface area contributed by atoms with Crippen molar-refractivity contribution in [1.29, 1.82) is 0 Å². The number of benzene rings is 1. The normalized spacial score (nSPS) is 17.9. The van der Waals surface area contributed by atoms with E-state index in [-0.39, 0.29) is 24.1 Å². The van der Waals surface area contributed by atoms with Gasteiger partial charge >= 0.3 is 12.5 Å². The molecule has 2 rings (SSSR count). The molecule has 7 heteroatoms. The molecule has 1 aliphatic rings. The zero-order chi connectivity index (χ0) is 15.5. The maximum Gasteiger partial charge on any atom is 0.461 e. The Morgan fingerprint density at radius 1 is 1.09 bits per heavy atom. The fourth-order valence-corrected chi connectivity index (χ4v) is 2.79. The Morgan fingerprint density at radius 2 is 1.68 bits per heavy atom. The Bertz CT molecular complexity index is 467. The van der Waals surface area contributed by atoms with E-state index in [1.807, 2.05) is 0 Å². The molecule has 1 saturated carbocycles. The number of ether oxygens (including phenoxy) is 1. The fourth-order valence-electron chi connectivity index (χ4n) is 2.79. The van der Waals surface area contributed by atoms with Crippen LogP contribution in [0.15, 0.2) is 24.3 Å². The van der Waals surface area contributed by atoms with Crippen LogP contribution in [-0.2, 0) is 0 Å². The van der Waals surface area contributed by atoms with Gasteiger partial charge < -0.3 is 10.5 Å². The van der Waals surface area contributed by atoms with Crippen LogP contribution in [0.5, 0.6) is 5.75 Å². The predicted octanol–water partition coefficient (Wildman–Crippen LogP) is 4.93. The third-order valence-corrected chi connectivity index (χ3v) is 3.94. The molecule has 0 amide bonds. The first-order chi connectivity index (χ1) is 9.92. The van der Waals surface area contributed by atoms with Crippen LogP contribution >= 0.6 is 12.4 Å². The van der Waals surface area contributed by atoms with E-state index in [2.05, 4.69) is 4.74 Å². The van der Waals surface area contributed by atoms with Crippen molar-refractivity contribution in [3.05, 3.63) is 29.8 Å². The van der Waals surface area contributed by atoms with Crippen LogP contribution in [0.3, 0.4) is 0 Å². The Hall–Kier alpha value is -1.01. The largest absolute Gasteiger partial charge is 0.461 e. The van der Waals surface area contributed by atoms with E-state index in [9.17, 15) is 17.6 Å². The third-order valence-electron chi connectivity index (χ3n) is 3.94. The van der Waals surface area contributed by atoms with E-state index >= 15 is 0 Å². The molecule has 1 aromatic carbocycles. The van der Waals surface area contributed by atoms with Gasteiger partial charge in [0.2, 0.25) is 0 Å². The maximum absolute atomic E-state index is 13.1. The monoisotopic (exact) mass is 341 g/mol. The number of hydrogen-bond acceptors (Lipinski definition) is 2. The van der Waals surface area contributed by atoms with E-state index in [4.69, 9.17) is 5.73 Å². The summed E-state index contributed by atoms with van der Waals surface area (Å²) in [5, 5.41) is 0. The molecule has 0 heterocycles. The highest BCUT2D eigenvalue weighted by Crippen LogP contribution is 2.38. The number of rotatable bonds is 5. The molecule has 2 nitrogen and oxygen atoms in total. The first-order valence-electron chi connectivity index (χ1n) is 7.11. The smallest absolute Gasteiger partial charge is 0.428 e. The van der Waals surface area contributed by atoms with Crippen molar-refractivity contribution in [2.24, 2.45) is 11.7 Å². The summed E-state index contributed by atoms with van der Waals surface area (Å²) in [5.41, 5.74) is 6.52. The second kappa shape index (κ2) is 8.02. The summed E-state index contributed by atoms with van der Waals surface area (Å²) in [5.74, 6) is -0.0930.